The van der Waals surface area contributed by atoms with Crippen LogP contribution in [0.5, 0.6) is 0 Å². The third-order valence-corrected chi connectivity index (χ3v) is 4.39. The zero-order valence-corrected chi connectivity index (χ0v) is 13.5. The van der Waals surface area contributed by atoms with Crippen LogP contribution in [-0.2, 0) is 15.1 Å². The molecule has 0 saturated carbocycles. The van der Waals surface area contributed by atoms with E-state index in [1.807, 2.05) is 6.07 Å². The molecule has 0 fully saturated rings. The Morgan fingerprint density at radius 1 is 1.11 bits per heavy atom. The van der Waals surface area contributed by atoms with Gasteiger partial charge in [0, 0.05) is 11.0 Å². The predicted octanol–water partition coefficient (Wildman–Crippen LogP) is 4.17. The minimum absolute atomic E-state index is 0.212. The molecule has 0 amide bonds. The lowest BCUT2D eigenvalue weighted by Crippen LogP contribution is -2.29. The van der Waals surface area contributed by atoms with E-state index in [-0.39, 0.29) is 5.60 Å². The molecule has 0 aromatic heterocycles. The van der Waals surface area contributed by atoms with E-state index in [0.29, 0.717) is 13.2 Å². The molecule has 102 valence electrons. The summed E-state index contributed by atoms with van der Waals surface area (Å²) in [6.07, 6.45) is 2.30. The van der Waals surface area contributed by atoms with Gasteiger partial charge >= 0.3 is 0 Å². The third-order valence-electron chi connectivity index (χ3n) is 2.93. The van der Waals surface area contributed by atoms with Crippen LogP contribution in [0.3, 0.4) is 0 Å². The van der Waals surface area contributed by atoms with E-state index in [1.165, 1.54) is 12.0 Å². The average Bonchev–Trinajstić information content (AvgIpc) is 2.43. The van der Waals surface area contributed by atoms with E-state index < -0.39 is 0 Å². The highest BCUT2D eigenvalue weighted by Crippen LogP contribution is 2.27. The molecule has 1 atom stereocenters. The van der Waals surface area contributed by atoms with Crippen molar-refractivity contribution >= 4 is 22.6 Å². The van der Waals surface area contributed by atoms with Crippen LogP contribution in [0.4, 0.5) is 0 Å². The van der Waals surface area contributed by atoms with E-state index >= 15 is 0 Å². The fourth-order valence-corrected chi connectivity index (χ4v) is 2.32. The van der Waals surface area contributed by atoms with Gasteiger partial charge in [0.05, 0.1) is 18.8 Å². The number of hydrogen-bond acceptors (Lipinski definition) is 2. The maximum atomic E-state index is 6.01. The molecule has 1 unspecified atom stereocenters. The molecule has 1 rings (SSSR count). The van der Waals surface area contributed by atoms with E-state index in [9.17, 15) is 0 Å². The average molecular weight is 362 g/mol. The number of unbranched alkanes of at least 4 members (excludes halogenated alkanes) is 1. The molecule has 0 spiro atoms. The molecule has 3 heteroatoms. The molecule has 1 aromatic carbocycles. The first-order chi connectivity index (χ1) is 8.73. The summed E-state index contributed by atoms with van der Waals surface area (Å²) in [5.74, 6) is 0. The number of alkyl halides is 1. The highest BCUT2D eigenvalue weighted by atomic mass is 127. The lowest BCUT2D eigenvalue weighted by Gasteiger charge is -2.28. The molecule has 0 bridgehead atoms. The SMILES string of the molecule is CCCCOCCOC(C)(CI)c1ccccc1. The van der Waals surface area contributed by atoms with Crippen LogP contribution >= 0.6 is 22.6 Å². The van der Waals surface area contributed by atoms with E-state index in [2.05, 4.69) is 60.7 Å². The molecule has 0 heterocycles. The van der Waals surface area contributed by atoms with Gasteiger partial charge in [-0.15, -0.1) is 0 Å². The Morgan fingerprint density at radius 2 is 1.83 bits per heavy atom. The van der Waals surface area contributed by atoms with Gasteiger partial charge in [0.2, 0.25) is 0 Å². The zero-order chi connectivity index (χ0) is 13.3. The summed E-state index contributed by atoms with van der Waals surface area (Å²) < 4.78 is 12.5. The van der Waals surface area contributed by atoms with Crippen LogP contribution in [0.15, 0.2) is 30.3 Å². The number of benzene rings is 1. The molecule has 0 aliphatic carbocycles. The van der Waals surface area contributed by atoms with Crippen molar-refractivity contribution in [2.75, 3.05) is 24.2 Å². The third kappa shape index (κ3) is 5.24. The topological polar surface area (TPSA) is 18.5 Å². The Morgan fingerprint density at radius 3 is 2.44 bits per heavy atom. The summed E-state index contributed by atoms with van der Waals surface area (Å²) in [5, 5.41) is 0. The van der Waals surface area contributed by atoms with Gasteiger partial charge in [0.15, 0.2) is 0 Å². The Kier molecular flexibility index (Phi) is 7.86. The summed E-state index contributed by atoms with van der Waals surface area (Å²) in [6, 6.07) is 10.4. The van der Waals surface area contributed by atoms with Gasteiger partial charge < -0.3 is 9.47 Å². The number of rotatable bonds is 9. The van der Waals surface area contributed by atoms with Gasteiger partial charge in [0.25, 0.3) is 0 Å². The minimum Gasteiger partial charge on any atom is -0.379 e. The van der Waals surface area contributed by atoms with Crippen molar-refractivity contribution in [1.82, 2.24) is 0 Å². The Hall–Kier alpha value is -0.130. The number of hydrogen-bond donors (Lipinski definition) is 0. The molecule has 18 heavy (non-hydrogen) atoms. The zero-order valence-electron chi connectivity index (χ0n) is 11.3. The quantitative estimate of drug-likeness (QED) is 0.373. The van der Waals surface area contributed by atoms with Crippen LogP contribution in [0.25, 0.3) is 0 Å². The van der Waals surface area contributed by atoms with Gasteiger partial charge in [0.1, 0.15) is 0 Å². The van der Waals surface area contributed by atoms with Gasteiger partial charge in [-0.2, -0.15) is 0 Å². The maximum Gasteiger partial charge on any atom is 0.0993 e. The molecule has 0 radical (unpaired) electrons. The summed E-state index contributed by atoms with van der Waals surface area (Å²) in [6.45, 7) is 6.48. The molecule has 1 aromatic rings. The molecule has 0 aliphatic heterocycles. The van der Waals surface area contributed by atoms with E-state index in [0.717, 1.165) is 17.5 Å². The van der Waals surface area contributed by atoms with Crippen molar-refractivity contribution in [2.45, 2.75) is 32.3 Å². The Balaban J connectivity index is 2.37. The number of halogens is 1. The van der Waals surface area contributed by atoms with Crippen molar-refractivity contribution in [2.24, 2.45) is 0 Å². The monoisotopic (exact) mass is 362 g/mol. The maximum absolute atomic E-state index is 6.01. The predicted molar refractivity (Wildman–Crippen MR) is 84.4 cm³/mol. The minimum atomic E-state index is -0.212. The molecular weight excluding hydrogens is 339 g/mol. The van der Waals surface area contributed by atoms with Crippen molar-refractivity contribution < 1.29 is 9.47 Å². The van der Waals surface area contributed by atoms with Gasteiger partial charge in [-0.3, -0.25) is 0 Å². The second-order valence-electron chi connectivity index (χ2n) is 4.54. The van der Waals surface area contributed by atoms with Gasteiger partial charge in [-0.1, -0.05) is 66.3 Å². The van der Waals surface area contributed by atoms with E-state index in [4.69, 9.17) is 9.47 Å². The Bertz CT molecular complexity index is 316. The summed E-state index contributed by atoms with van der Waals surface area (Å²) in [5.41, 5.74) is 1.02. The first-order valence-electron chi connectivity index (χ1n) is 6.56. The van der Waals surface area contributed by atoms with Gasteiger partial charge in [-0.05, 0) is 18.9 Å². The van der Waals surface area contributed by atoms with Crippen LogP contribution in [0.1, 0.15) is 32.3 Å². The van der Waals surface area contributed by atoms with Crippen molar-refractivity contribution in [3.63, 3.8) is 0 Å². The standard InChI is InChI=1S/C15H23IO2/c1-3-4-10-17-11-12-18-15(2,13-16)14-8-6-5-7-9-14/h5-9H,3-4,10-13H2,1-2H3. The highest BCUT2D eigenvalue weighted by molar-refractivity contribution is 14.1. The van der Waals surface area contributed by atoms with E-state index in [1.54, 1.807) is 0 Å². The van der Waals surface area contributed by atoms with Crippen LogP contribution in [-0.4, -0.2) is 24.2 Å². The van der Waals surface area contributed by atoms with Crippen LogP contribution < -0.4 is 0 Å². The lowest BCUT2D eigenvalue weighted by molar-refractivity contribution is -0.0450. The molecule has 0 N–H and O–H groups in total. The molecule has 0 aliphatic rings. The second-order valence-corrected chi connectivity index (χ2v) is 5.31. The fraction of sp³-hybridized carbons (Fsp3) is 0.600. The summed E-state index contributed by atoms with van der Waals surface area (Å²) >= 11 is 2.38. The van der Waals surface area contributed by atoms with Crippen molar-refractivity contribution in [3.05, 3.63) is 35.9 Å². The number of ether oxygens (including phenoxy) is 2. The van der Waals surface area contributed by atoms with Crippen LogP contribution in [0.2, 0.25) is 0 Å². The second kappa shape index (κ2) is 8.88. The normalized spacial score (nSPS) is 14.4. The van der Waals surface area contributed by atoms with Crippen LogP contribution in [0, 0.1) is 0 Å². The fourth-order valence-electron chi connectivity index (χ4n) is 1.66. The highest BCUT2D eigenvalue weighted by Gasteiger charge is 2.25. The largest absolute Gasteiger partial charge is 0.379 e. The summed E-state index contributed by atoms with van der Waals surface area (Å²) in [7, 11) is 0. The molecular formula is C15H23IO2. The first kappa shape index (κ1) is 15.9. The summed E-state index contributed by atoms with van der Waals surface area (Å²) in [4.78, 5) is 0. The molecule has 0 saturated heterocycles. The van der Waals surface area contributed by atoms with Crippen molar-refractivity contribution in [1.29, 1.82) is 0 Å². The van der Waals surface area contributed by atoms with Gasteiger partial charge in [-0.25, -0.2) is 0 Å². The van der Waals surface area contributed by atoms with Crippen molar-refractivity contribution in [3.8, 4) is 0 Å². The first-order valence-corrected chi connectivity index (χ1v) is 8.08. The smallest absolute Gasteiger partial charge is 0.0993 e. The molecule has 2 nitrogen and oxygen atoms in total. The lowest BCUT2D eigenvalue weighted by atomic mass is 9.98. The Labute approximate surface area is 124 Å².